The largest absolute Gasteiger partial charge is 0.352 e. The fourth-order valence-electron chi connectivity index (χ4n) is 2.33. The Hall–Kier alpha value is -2.82. The van der Waals surface area contributed by atoms with Gasteiger partial charge in [0.2, 0.25) is 0 Å². The summed E-state index contributed by atoms with van der Waals surface area (Å²) >= 11 is 0. The molecule has 1 amide bonds. The Morgan fingerprint density at radius 1 is 0.880 bits per heavy atom. The molecule has 0 aromatic heterocycles. The molecule has 0 saturated heterocycles. The Balaban J connectivity index is 1.84. The molecule has 132 valence electrons. The zero-order chi connectivity index (χ0) is 18.1. The molecule has 0 bridgehead atoms. The van der Waals surface area contributed by atoms with Gasteiger partial charge in [0, 0.05) is 32.2 Å². The molecule has 2 aromatic rings. The second-order valence-electron chi connectivity index (χ2n) is 5.82. The Kier molecular flexibility index (Phi) is 7.01. The van der Waals surface area contributed by atoms with E-state index in [4.69, 9.17) is 0 Å². The number of rotatable bonds is 6. The SMILES string of the molecule is CCNC(=O)c1ccc(CNC(=NC)NCc2ccc(C)cc2)cc1. The number of hydrogen-bond donors (Lipinski definition) is 3. The molecular formula is C20H26N4O. The van der Waals surface area contributed by atoms with Gasteiger partial charge in [-0.1, -0.05) is 42.0 Å². The Bertz CT molecular complexity index is 705. The van der Waals surface area contributed by atoms with Crippen LogP contribution in [0.3, 0.4) is 0 Å². The molecule has 25 heavy (non-hydrogen) atoms. The molecule has 0 aliphatic rings. The second kappa shape index (κ2) is 9.47. The average Bonchev–Trinajstić information content (AvgIpc) is 2.64. The number of aryl methyl sites for hydroxylation is 1. The summed E-state index contributed by atoms with van der Waals surface area (Å²) in [7, 11) is 1.75. The van der Waals surface area contributed by atoms with E-state index in [2.05, 4.69) is 52.1 Å². The number of aliphatic imine (C=N–C) groups is 1. The van der Waals surface area contributed by atoms with Crippen molar-refractivity contribution in [3.63, 3.8) is 0 Å². The van der Waals surface area contributed by atoms with Crippen LogP contribution in [-0.2, 0) is 13.1 Å². The molecule has 0 radical (unpaired) electrons. The Morgan fingerprint density at radius 2 is 1.40 bits per heavy atom. The van der Waals surface area contributed by atoms with E-state index in [0.717, 1.165) is 18.1 Å². The summed E-state index contributed by atoms with van der Waals surface area (Å²) in [5, 5.41) is 9.37. The maximum atomic E-state index is 11.8. The fourth-order valence-corrected chi connectivity index (χ4v) is 2.33. The van der Waals surface area contributed by atoms with Crippen LogP contribution in [0.2, 0.25) is 0 Å². The van der Waals surface area contributed by atoms with Crippen molar-refractivity contribution in [2.24, 2.45) is 4.99 Å². The Labute approximate surface area is 149 Å². The van der Waals surface area contributed by atoms with Crippen LogP contribution in [0.5, 0.6) is 0 Å². The van der Waals surface area contributed by atoms with Crippen molar-refractivity contribution in [2.45, 2.75) is 26.9 Å². The molecule has 5 heteroatoms. The number of nitrogens with zero attached hydrogens (tertiary/aromatic N) is 1. The maximum absolute atomic E-state index is 11.8. The van der Waals surface area contributed by atoms with Crippen LogP contribution in [0.4, 0.5) is 0 Å². The smallest absolute Gasteiger partial charge is 0.251 e. The van der Waals surface area contributed by atoms with Gasteiger partial charge in [-0.15, -0.1) is 0 Å². The highest BCUT2D eigenvalue weighted by Gasteiger charge is 2.04. The molecule has 2 rings (SSSR count). The van der Waals surface area contributed by atoms with E-state index in [9.17, 15) is 4.79 Å². The first-order chi connectivity index (χ1) is 12.1. The molecule has 0 spiro atoms. The lowest BCUT2D eigenvalue weighted by molar-refractivity contribution is 0.0956. The van der Waals surface area contributed by atoms with E-state index in [-0.39, 0.29) is 5.91 Å². The first-order valence-corrected chi connectivity index (χ1v) is 8.49. The molecule has 0 saturated carbocycles. The molecule has 0 atom stereocenters. The van der Waals surface area contributed by atoms with E-state index < -0.39 is 0 Å². The third-order valence-corrected chi connectivity index (χ3v) is 3.82. The highest BCUT2D eigenvalue weighted by molar-refractivity contribution is 5.94. The lowest BCUT2D eigenvalue weighted by atomic mass is 10.1. The zero-order valence-electron chi connectivity index (χ0n) is 15.1. The fraction of sp³-hybridized carbons (Fsp3) is 0.300. The standard InChI is InChI=1S/C20H26N4O/c1-4-22-19(25)18-11-9-17(10-12-18)14-24-20(21-3)23-13-16-7-5-15(2)6-8-16/h5-12H,4,13-14H2,1-3H3,(H,22,25)(H2,21,23,24). The number of carbonyl (C=O) groups is 1. The number of hydrogen-bond acceptors (Lipinski definition) is 2. The van der Waals surface area contributed by atoms with Crippen molar-refractivity contribution in [3.8, 4) is 0 Å². The van der Waals surface area contributed by atoms with E-state index in [1.165, 1.54) is 11.1 Å². The van der Waals surface area contributed by atoms with Crippen LogP contribution in [0.15, 0.2) is 53.5 Å². The molecule has 0 aliphatic heterocycles. The minimum Gasteiger partial charge on any atom is -0.352 e. The second-order valence-corrected chi connectivity index (χ2v) is 5.82. The minimum absolute atomic E-state index is 0.0439. The maximum Gasteiger partial charge on any atom is 0.251 e. The van der Waals surface area contributed by atoms with E-state index in [0.29, 0.717) is 18.7 Å². The molecule has 0 aliphatic carbocycles. The third-order valence-electron chi connectivity index (χ3n) is 3.82. The minimum atomic E-state index is -0.0439. The predicted octanol–water partition coefficient (Wildman–Crippen LogP) is 2.61. The summed E-state index contributed by atoms with van der Waals surface area (Å²) in [6, 6.07) is 16.0. The van der Waals surface area contributed by atoms with Crippen molar-refractivity contribution in [1.29, 1.82) is 0 Å². The van der Waals surface area contributed by atoms with Crippen LogP contribution in [0.1, 0.15) is 34.0 Å². The van der Waals surface area contributed by atoms with Gasteiger partial charge in [-0.25, -0.2) is 0 Å². The van der Waals surface area contributed by atoms with Gasteiger partial charge in [-0.3, -0.25) is 9.79 Å². The first-order valence-electron chi connectivity index (χ1n) is 8.49. The van der Waals surface area contributed by atoms with Gasteiger partial charge < -0.3 is 16.0 Å². The van der Waals surface area contributed by atoms with Gasteiger partial charge in [0.05, 0.1) is 0 Å². The van der Waals surface area contributed by atoms with Crippen molar-refractivity contribution in [2.75, 3.05) is 13.6 Å². The van der Waals surface area contributed by atoms with Crippen molar-refractivity contribution in [3.05, 3.63) is 70.8 Å². The molecule has 0 fully saturated rings. The molecule has 0 heterocycles. The summed E-state index contributed by atoms with van der Waals surface area (Å²) in [4.78, 5) is 16.0. The number of carbonyl (C=O) groups excluding carboxylic acids is 1. The lowest BCUT2D eigenvalue weighted by Crippen LogP contribution is -2.36. The topological polar surface area (TPSA) is 65.5 Å². The van der Waals surface area contributed by atoms with Crippen LogP contribution < -0.4 is 16.0 Å². The van der Waals surface area contributed by atoms with Crippen LogP contribution in [0, 0.1) is 6.92 Å². The lowest BCUT2D eigenvalue weighted by Gasteiger charge is -2.12. The number of benzene rings is 2. The van der Waals surface area contributed by atoms with Gasteiger partial charge in [0.1, 0.15) is 0 Å². The highest BCUT2D eigenvalue weighted by atomic mass is 16.1. The number of guanidine groups is 1. The van der Waals surface area contributed by atoms with Crippen LogP contribution in [0.25, 0.3) is 0 Å². The normalized spacial score (nSPS) is 11.1. The quantitative estimate of drug-likeness (QED) is 0.560. The van der Waals surface area contributed by atoms with Crippen molar-refractivity contribution in [1.82, 2.24) is 16.0 Å². The monoisotopic (exact) mass is 338 g/mol. The van der Waals surface area contributed by atoms with Crippen LogP contribution in [-0.4, -0.2) is 25.5 Å². The third kappa shape index (κ3) is 5.95. The number of amides is 1. The van der Waals surface area contributed by atoms with Crippen LogP contribution >= 0.6 is 0 Å². The van der Waals surface area contributed by atoms with Gasteiger partial charge >= 0.3 is 0 Å². The zero-order valence-corrected chi connectivity index (χ0v) is 15.1. The van der Waals surface area contributed by atoms with Crippen molar-refractivity contribution >= 4 is 11.9 Å². The van der Waals surface area contributed by atoms with E-state index in [1.807, 2.05) is 31.2 Å². The molecule has 3 N–H and O–H groups in total. The summed E-state index contributed by atoms with van der Waals surface area (Å²) in [5.74, 6) is 0.700. The first kappa shape index (κ1) is 18.5. The predicted molar refractivity (Wildman–Crippen MR) is 103 cm³/mol. The molecule has 2 aromatic carbocycles. The number of nitrogens with one attached hydrogen (secondary N) is 3. The van der Waals surface area contributed by atoms with Gasteiger partial charge in [-0.2, -0.15) is 0 Å². The highest BCUT2D eigenvalue weighted by Crippen LogP contribution is 2.05. The molecule has 5 nitrogen and oxygen atoms in total. The summed E-state index contributed by atoms with van der Waals surface area (Å²) in [5.41, 5.74) is 4.22. The van der Waals surface area contributed by atoms with Gasteiger partial charge in [-0.05, 0) is 37.1 Å². The van der Waals surface area contributed by atoms with Crippen molar-refractivity contribution < 1.29 is 4.79 Å². The summed E-state index contributed by atoms with van der Waals surface area (Å²) in [6.45, 7) is 5.98. The Morgan fingerprint density at radius 3 is 1.88 bits per heavy atom. The van der Waals surface area contributed by atoms with Gasteiger partial charge in [0.25, 0.3) is 5.91 Å². The summed E-state index contributed by atoms with van der Waals surface area (Å²) in [6.07, 6.45) is 0. The molecule has 0 unspecified atom stereocenters. The van der Waals surface area contributed by atoms with Gasteiger partial charge in [0.15, 0.2) is 5.96 Å². The van der Waals surface area contributed by atoms with E-state index >= 15 is 0 Å². The summed E-state index contributed by atoms with van der Waals surface area (Å²) < 4.78 is 0. The average molecular weight is 338 g/mol. The van der Waals surface area contributed by atoms with E-state index in [1.54, 1.807) is 7.05 Å². The molecular weight excluding hydrogens is 312 g/mol.